The first-order chi connectivity index (χ1) is 8.27. The molecule has 0 saturated carbocycles. The minimum Gasteiger partial charge on any atom is -0.309 e. The van der Waals surface area contributed by atoms with Gasteiger partial charge in [0.05, 0.1) is 5.75 Å². The Morgan fingerprint density at radius 2 is 2.35 bits per heavy atom. The summed E-state index contributed by atoms with van der Waals surface area (Å²) < 4.78 is 0. The third kappa shape index (κ3) is 5.50. The summed E-state index contributed by atoms with van der Waals surface area (Å²) in [6, 6.07) is 8.41. The molecule has 1 aromatic rings. The quantitative estimate of drug-likeness (QED) is 0.597. The van der Waals surface area contributed by atoms with Gasteiger partial charge in [0.15, 0.2) is 0 Å². The summed E-state index contributed by atoms with van der Waals surface area (Å²) in [7, 11) is 0. The van der Waals surface area contributed by atoms with Crippen molar-refractivity contribution in [2.24, 2.45) is 0 Å². The van der Waals surface area contributed by atoms with E-state index in [0.29, 0.717) is 6.04 Å². The maximum atomic E-state index is 5.99. The normalized spacial score (nSPS) is 12.1. The van der Waals surface area contributed by atoms with Crippen LogP contribution in [-0.2, 0) is 0 Å². The minimum absolute atomic E-state index is 0.375. The molecule has 3 heteroatoms. The van der Waals surface area contributed by atoms with E-state index in [1.807, 2.05) is 18.2 Å². The van der Waals surface area contributed by atoms with Crippen LogP contribution in [0.2, 0.25) is 5.02 Å². The zero-order valence-electron chi connectivity index (χ0n) is 10.1. The van der Waals surface area contributed by atoms with Gasteiger partial charge < -0.3 is 5.32 Å². The lowest BCUT2D eigenvalue weighted by Crippen LogP contribution is -2.23. The van der Waals surface area contributed by atoms with Crippen LogP contribution in [0.15, 0.2) is 24.3 Å². The van der Waals surface area contributed by atoms with Crippen molar-refractivity contribution in [3.05, 3.63) is 34.9 Å². The number of benzene rings is 1. The first-order valence-electron chi connectivity index (χ1n) is 5.78. The Morgan fingerprint density at radius 1 is 1.53 bits per heavy atom. The second-order valence-corrected chi connectivity index (χ2v) is 5.27. The smallest absolute Gasteiger partial charge is 0.0545 e. The number of nitrogens with one attached hydrogen (secondary N) is 1. The predicted molar refractivity (Wildman–Crippen MR) is 78.6 cm³/mol. The van der Waals surface area contributed by atoms with Gasteiger partial charge in [-0.1, -0.05) is 36.6 Å². The summed E-state index contributed by atoms with van der Waals surface area (Å²) in [6.07, 6.45) is 6.25. The molecule has 1 N–H and O–H groups in total. The van der Waals surface area contributed by atoms with Gasteiger partial charge in [0.2, 0.25) is 0 Å². The minimum atomic E-state index is 0.375. The monoisotopic (exact) mass is 267 g/mol. The molecule has 1 atom stereocenters. The van der Waals surface area contributed by atoms with Gasteiger partial charge in [-0.05, 0) is 24.1 Å². The molecule has 0 aliphatic rings. The van der Waals surface area contributed by atoms with E-state index in [4.69, 9.17) is 18.0 Å². The zero-order chi connectivity index (χ0) is 12.5. The number of halogens is 1. The molecule has 0 radical (unpaired) electrons. The highest BCUT2D eigenvalue weighted by Gasteiger charge is 2.08. The summed E-state index contributed by atoms with van der Waals surface area (Å²) in [4.78, 5) is 0. The maximum absolute atomic E-state index is 5.99. The second-order valence-electron chi connectivity index (χ2n) is 3.73. The summed E-state index contributed by atoms with van der Waals surface area (Å²) >= 11 is 7.77. The van der Waals surface area contributed by atoms with Crippen LogP contribution in [0.5, 0.6) is 0 Å². The van der Waals surface area contributed by atoms with Crippen LogP contribution in [0.3, 0.4) is 0 Å². The van der Waals surface area contributed by atoms with Crippen molar-refractivity contribution >= 4 is 23.4 Å². The van der Waals surface area contributed by atoms with Crippen LogP contribution in [0.1, 0.15) is 24.9 Å². The van der Waals surface area contributed by atoms with Crippen LogP contribution in [0.25, 0.3) is 0 Å². The zero-order valence-corrected chi connectivity index (χ0v) is 11.7. The molecule has 0 aromatic heterocycles. The van der Waals surface area contributed by atoms with Gasteiger partial charge in [-0.25, -0.2) is 0 Å². The first kappa shape index (κ1) is 14.4. The molecule has 17 heavy (non-hydrogen) atoms. The third-order valence-electron chi connectivity index (χ3n) is 2.48. The maximum Gasteiger partial charge on any atom is 0.0545 e. The van der Waals surface area contributed by atoms with Gasteiger partial charge in [0.25, 0.3) is 0 Å². The molecule has 0 saturated heterocycles. The van der Waals surface area contributed by atoms with Crippen LogP contribution in [0.4, 0.5) is 0 Å². The van der Waals surface area contributed by atoms with Gasteiger partial charge in [-0.3, -0.25) is 0 Å². The molecule has 0 spiro atoms. The molecule has 0 bridgehead atoms. The fourth-order valence-electron chi connectivity index (χ4n) is 1.66. The van der Waals surface area contributed by atoms with E-state index in [1.54, 1.807) is 11.8 Å². The first-order valence-corrected chi connectivity index (χ1v) is 7.31. The average molecular weight is 268 g/mol. The summed E-state index contributed by atoms with van der Waals surface area (Å²) in [5, 5.41) is 4.32. The van der Waals surface area contributed by atoms with Crippen molar-refractivity contribution in [1.82, 2.24) is 5.32 Å². The fourth-order valence-corrected chi connectivity index (χ4v) is 2.38. The van der Waals surface area contributed by atoms with Gasteiger partial charge in [-0.15, -0.1) is 18.2 Å². The van der Waals surface area contributed by atoms with Gasteiger partial charge >= 0.3 is 0 Å². The highest BCUT2D eigenvalue weighted by molar-refractivity contribution is 7.99. The molecular formula is C14H18ClNS. The van der Waals surface area contributed by atoms with E-state index >= 15 is 0 Å². The summed E-state index contributed by atoms with van der Waals surface area (Å²) in [5.41, 5.74) is 1.25. The van der Waals surface area contributed by atoms with E-state index < -0.39 is 0 Å². The van der Waals surface area contributed by atoms with Crippen molar-refractivity contribution in [2.45, 2.75) is 19.4 Å². The molecule has 0 amide bonds. The molecular weight excluding hydrogens is 250 g/mol. The van der Waals surface area contributed by atoms with Crippen LogP contribution < -0.4 is 5.32 Å². The highest BCUT2D eigenvalue weighted by atomic mass is 35.5. The molecule has 0 fully saturated rings. The number of terminal acetylenes is 1. The molecule has 92 valence electrons. The summed E-state index contributed by atoms with van der Waals surface area (Å²) in [6.45, 7) is 3.14. The summed E-state index contributed by atoms with van der Waals surface area (Å²) in [5.74, 6) is 4.46. The van der Waals surface area contributed by atoms with Gasteiger partial charge in [-0.2, -0.15) is 0 Å². The molecule has 1 aromatic carbocycles. The number of rotatable bonds is 7. The van der Waals surface area contributed by atoms with Gasteiger partial charge in [0.1, 0.15) is 0 Å². The van der Waals surface area contributed by atoms with Crippen molar-refractivity contribution < 1.29 is 0 Å². The molecule has 0 aliphatic carbocycles. The van der Waals surface area contributed by atoms with Crippen molar-refractivity contribution in [2.75, 3.05) is 18.1 Å². The fraction of sp³-hybridized carbons (Fsp3) is 0.429. The van der Waals surface area contributed by atoms with Crippen molar-refractivity contribution in [3.63, 3.8) is 0 Å². The number of hydrogen-bond donors (Lipinski definition) is 1. The van der Waals surface area contributed by atoms with Crippen LogP contribution in [-0.4, -0.2) is 18.1 Å². The Morgan fingerprint density at radius 3 is 3.00 bits per heavy atom. The molecule has 1 unspecified atom stereocenters. The van der Waals surface area contributed by atoms with Crippen molar-refractivity contribution in [3.8, 4) is 12.3 Å². The van der Waals surface area contributed by atoms with E-state index in [2.05, 4.69) is 24.2 Å². The van der Waals surface area contributed by atoms with E-state index in [0.717, 1.165) is 29.5 Å². The van der Waals surface area contributed by atoms with Gasteiger partial charge in [0, 0.05) is 23.4 Å². The topological polar surface area (TPSA) is 12.0 Å². The largest absolute Gasteiger partial charge is 0.309 e. The Labute approximate surface area is 113 Å². The van der Waals surface area contributed by atoms with Crippen LogP contribution in [0, 0.1) is 12.3 Å². The Bertz CT molecular complexity index is 373. The Kier molecular flexibility index (Phi) is 7.19. The molecule has 1 nitrogen and oxygen atoms in total. The lowest BCUT2D eigenvalue weighted by molar-refractivity contribution is 0.540. The van der Waals surface area contributed by atoms with E-state index in [1.165, 1.54) is 5.56 Å². The number of thioether (sulfide) groups is 1. The number of hydrogen-bond acceptors (Lipinski definition) is 2. The molecule has 1 rings (SSSR count). The standard InChI is InChI=1S/C14H18ClNS/c1-3-9-17-10-8-16-14(4-2)12-6-5-7-13(15)11-12/h1,5-7,11,14,16H,4,8-10H2,2H3. The third-order valence-corrected chi connectivity index (χ3v) is 3.58. The SMILES string of the molecule is C#CCSCCNC(CC)c1cccc(Cl)c1. The van der Waals surface area contributed by atoms with E-state index in [9.17, 15) is 0 Å². The lowest BCUT2D eigenvalue weighted by Gasteiger charge is -2.17. The predicted octanol–water partition coefficient (Wildman–Crippen LogP) is 3.75. The van der Waals surface area contributed by atoms with Crippen LogP contribution >= 0.6 is 23.4 Å². The highest BCUT2D eigenvalue weighted by Crippen LogP contribution is 2.20. The van der Waals surface area contributed by atoms with Crippen molar-refractivity contribution in [1.29, 1.82) is 0 Å². The van der Waals surface area contributed by atoms with E-state index in [-0.39, 0.29) is 0 Å². The lowest BCUT2D eigenvalue weighted by atomic mass is 10.0. The molecule has 0 heterocycles. The Balaban J connectivity index is 2.41. The molecule has 0 aliphatic heterocycles. The second kappa shape index (κ2) is 8.47. The average Bonchev–Trinajstić information content (AvgIpc) is 2.34. The Hall–Kier alpha value is -0.620.